The number of carbonyl (C=O) groups is 3. The van der Waals surface area contributed by atoms with Gasteiger partial charge < -0.3 is 14.2 Å². The van der Waals surface area contributed by atoms with E-state index in [0.29, 0.717) is 19.3 Å². The molecule has 0 saturated carbocycles. The fourth-order valence-corrected chi connectivity index (χ4v) is 9.03. The third kappa shape index (κ3) is 53.1. The molecule has 0 rings (SSSR count). The number of hydrogen-bond donors (Lipinski definition) is 0. The van der Waals surface area contributed by atoms with E-state index >= 15 is 0 Å². The zero-order valence-electron chi connectivity index (χ0n) is 44.7. The quantitative estimate of drug-likeness (QED) is 0.0262. The number of allylic oxidation sites excluding steroid dienone is 2. The zero-order chi connectivity index (χ0) is 47.9. The first-order valence-corrected chi connectivity index (χ1v) is 29.7. The van der Waals surface area contributed by atoms with Crippen molar-refractivity contribution in [2.45, 2.75) is 341 Å². The Kier molecular flexibility index (Phi) is 54.2. The van der Waals surface area contributed by atoms with Crippen LogP contribution in [0.4, 0.5) is 0 Å². The highest BCUT2D eigenvalue weighted by atomic mass is 16.6. The monoisotopic (exact) mass is 931 g/mol. The summed E-state index contributed by atoms with van der Waals surface area (Å²) >= 11 is 0. The maximum absolute atomic E-state index is 12.7. The summed E-state index contributed by atoms with van der Waals surface area (Å²) in [7, 11) is 0. The average Bonchev–Trinajstić information content (AvgIpc) is 3.31. The molecule has 1 atom stereocenters. The highest BCUT2D eigenvalue weighted by Crippen LogP contribution is 2.17. The summed E-state index contributed by atoms with van der Waals surface area (Å²) in [5.74, 6) is -0.860. The number of hydrogen-bond acceptors (Lipinski definition) is 6. The lowest BCUT2D eigenvalue weighted by Crippen LogP contribution is -2.30. The maximum atomic E-state index is 12.7. The van der Waals surface area contributed by atoms with Gasteiger partial charge in [-0.15, -0.1) is 0 Å². The molecule has 0 N–H and O–H groups in total. The van der Waals surface area contributed by atoms with Gasteiger partial charge in [0.15, 0.2) is 6.10 Å². The van der Waals surface area contributed by atoms with Crippen LogP contribution in [0.15, 0.2) is 12.2 Å². The molecular weight excluding hydrogens is 817 g/mol. The van der Waals surface area contributed by atoms with Crippen LogP contribution in [0.2, 0.25) is 0 Å². The first-order chi connectivity index (χ1) is 32.5. The van der Waals surface area contributed by atoms with Crippen LogP contribution in [0.5, 0.6) is 0 Å². The molecule has 6 nitrogen and oxygen atoms in total. The van der Waals surface area contributed by atoms with Crippen LogP contribution in [0.1, 0.15) is 335 Å². The van der Waals surface area contributed by atoms with Crippen molar-refractivity contribution in [3.8, 4) is 0 Å². The fraction of sp³-hybridized carbons (Fsp3) is 0.917. The van der Waals surface area contributed by atoms with E-state index in [-0.39, 0.29) is 31.1 Å². The van der Waals surface area contributed by atoms with Gasteiger partial charge in [-0.1, -0.05) is 283 Å². The van der Waals surface area contributed by atoms with Crippen molar-refractivity contribution in [3.05, 3.63) is 12.2 Å². The molecule has 0 aromatic heterocycles. The molecule has 6 heteroatoms. The summed E-state index contributed by atoms with van der Waals surface area (Å²) in [4.78, 5) is 37.6. The largest absolute Gasteiger partial charge is 0.462 e. The molecule has 390 valence electrons. The Morgan fingerprint density at radius 3 is 0.758 bits per heavy atom. The molecule has 0 aliphatic rings. The van der Waals surface area contributed by atoms with Gasteiger partial charge >= 0.3 is 17.9 Å². The minimum Gasteiger partial charge on any atom is -0.462 e. The lowest BCUT2D eigenvalue weighted by molar-refractivity contribution is -0.167. The van der Waals surface area contributed by atoms with E-state index in [4.69, 9.17) is 14.2 Å². The van der Waals surface area contributed by atoms with Gasteiger partial charge in [0, 0.05) is 19.3 Å². The van der Waals surface area contributed by atoms with Gasteiger partial charge in [-0.25, -0.2) is 0 Å². The Hall–Kier alpha value is -1.85. The molecule has 0 saturated heterocycles. The SMILES string of the molecule is CCCCCCCCCC/C=C\CCCCCCCCCCCCCCCCCCCCCCCC(=O)OCC(COC(=O)CCCCCCCC)OC(=O)CCCCCCCCCCC. The second-order valence-corrected chi connectivity index (χ2v) is 20.3. The first kappa shape index (κ1) is 64.2. The van der Waals surface area contributed by atoms with Gasteiger partial charge in [0.1, 0.15) is 13.2 Å². The van der Waals surface area contributed by atoms with Gasteiger partial charge in [0.25, 0.3) is 0 Å². The summed E-state index contributed by atoms with van der Waals surface area (Å²) in [5.41, 5.74) is 0. The zero-order valence-corrected chi connectivity index (χ0v) is 44.7. The summed E-state index contributed by atoms with van der Waals surface area (Å²) in [6.45, 7) is 6.60. The van der Waals surface area contributed by atoms with Gasteiger partial charge in [-0.2, -0.15) is 0 Å². The molecule has 0 aliphatic carbocycles. The van der Waals surface area contributed by atoms with E-state index in [2.05, 4.69) is 32.9 Å². The highest BCUT2D eigenvalue weighted by Gasteiger charge is 2.19. The smallest absolute Gasteiger partial charge is 0.306 e. The molecule has 0 heterocycles. The lowest BCUT2D eigenvalue weighted by Gasteiger charge is -2.18. The normalized spacial score (nSPS) is 12.0. The van der Waals surface area contributed by atoms with Crippen molar-refractivity contribution in [2.24, 2.45) is 0 Å². The summed E-state index contributed by atoms with van der Waals surface area (Å²) in [6, 6.07) is 0. The molecule has 1 unspecified atom stereocenters. The Labute approximate surface area is 411 Å². The Bertz CT molecular complexity index is 1020. The third-order valence-electron chi connectivity index (χ3n) is 13.5. The molecular formula is C60H114O6. The van der Waals surface area contributed by atoms with Crippen molar-refractivity contribution < 1.29 is 28.6 Å². The summed E-state index contributed by atoms with van der Waals surface area (Å²) < 4.78 is 16.7. The van der Waals surface area contributed by atoms with Gasteiger partial charge in [-0.3, -0.25) is 14.4 Å². The van der Waals surface area contributed by atoms with E-state index in [9.17, 15) is 14.4 Å². The molecule has 0 aromatic carbocycles. The van der Waals surface area contributed by atoms with Crippen LogP contribution in [0.3, 0.4) is 0 Å². The third-order valence-corrected chi connectivity index (χ3v) is 13.5. The second-order valence-electron chi connectivity index (χ2n) is 20.3. The molecule has 0 fully saturated rings. The van der Waals surface area contributed by atoms with Crippen LogP contribution in [-0.4, -0.2) is 37.2 Å². The minimum atomic E-state index is -0.759. The minimum absolute atomic E-state index is 0.0645. The van der Waals surface area contributed by atoms with Crippen LogP contribution in [0, 0.1) is 0 Å². The number of unbranched alkanes of at least 4 members (excludes halogenated alkanes) is 42. The van der Waals surface area contributed by atoms with Crippen molar-refractivity contribution in [1.29, 1.82) is 0 Å². The van der Waals surface area contributed by atoms with Crippen molar-refractivity contribution in [3.63, 3.8) is 0 Å². The Morgan fingerprint density at radius 2 is 0.500 bits per heavy atom. The van der Waals surface area contributed by atoms with E-state index in [1.165, 1.54) is 238 Å². The van der Waals surface area contributed by atoms with Crippen molar-refractivity contribution in [2.75, 3.05) is 13.2 Å². The van der Waals surface area contributed by atoms with E-state index in [0.717, 1.165) is 57.8 Å². The number of ether oxygens (including phenoxy) is 3. The van der Waals surface area contributed by atoms with Gasteiger partial charge in [0.05, 0.1) is 0 Å². The van der Waals surface area contributed by atoms with Crippen molar-refractivity contribution >= 4 is 17.9 Å². The second kappa shape index (κ2) is 55.7. The molecule has 0 aromatic rings. The van der Waals surface area contributed by atoms with Crippen LogP contribution in [-0.2, 0) is 28.6 Å². The predicted molar refractivity (Wildman–Crippen MR) is 284 cm³/mol. The van der Waals surface area contributed by atoms with Crippen LogP contribution < -0.4 is 0 Å². The first-order valence-electron chi connectivity index (χ1n) is 29.7. The highest BCUT2D eigenvalue weighted by molar-refractivity contribution is 5.71. The number of rotatable bonds is 55. The number of esters is 3. The maximum Gasteiger partial charge on any atom is 0.306 e. The molecule has 0 bridgehead atoms. The average molecular weight is 932 g/mol. The molecule has 0 spiro atoms. The summed E-state index contributed by atoms with van der Waals surface area (Å²) in [5, 5.41) is 0. The number of carbonyl (C=O) groups excluding carboxylic acids is 3. The predicted octanol–water partition coefficient (Wildman–Crippen LogP) is 19.7. The molecule has 66 heavy (non-hydrogen) atoms. The standard InChI is InChI=1S/C60H114O6/c1-4-7-10-13-16-18-19-20-21-22-23-24-25-26-27-28-29-30-31-32-33-34-35-36-37-38-39-40-41-43-44-47-50-53-59(62)65-56-57(55-64-58(61)52-49-46-15-12-9-6-3)66-60(63)54-51-48-45-42-17-14-11-8-5-2/h22-23,57H,4-21,24-56H2,1-3H3/b23-22-. The van der Waals surface area contributed by atoms with E-state index in [1.807, 2.05) is 0 Å². The Morgan fingerprint density at radius 1 is 0.288 bits per heavy atom. The van der Waals surface area contributed by atoms with E-state index < -0.39 is 6.10 Å². The van der Waals surface area contributed by atoms with E-state index in [1.54, 1.807) is 0 Å². The topological polar surface area (TPSA) is 78.9 Å². The molecule has 0 radical (unpaired) electrons. The van der Waals surface area contributed by atoms with Crippen LogP contribution >= 0.6 is 0 Å². The Balaban J connectivity index is 3.80. The van der Waals surface area contributed by atoms with Crippen LogP contribution in [0.25, 0.3) is 0 Å². The fourth-order valence-electron chi connectivity index (χ4n) is 9.03. The molecule has 0 amide bonds. The lowest BCUT2D eigenvalue weighted by atomic mass is 10.0. The van der Waals surface area contributed by atoms with Gasteiger partial charge in [-0.05, 0) is 44.9 Å². The van der Waals surface area contributed by atoms with Gasteiger partial charge in [0.2, 0.25) is 0 Å². The summed E-state index contributed by atoms with van der Waals surface area (Å²) in [6.07, 6.45) is 64.3. The molecule has 0 aliphatic heterocycles. The van der Waals surface area contributed by atoms with Crippen molar-refractivity contribution in [1.82, 2.24) is 0 Å².